The normalized spacial score (nSPS) is 12.2. The van der Waals surface area contributed by atoms with Crippen LogP contribution in [-0.2, 0) is 17.2 Å². The molecule has 0 bridgehead atoms. The molecule has 0 aliphatic heterocycles. The number of rotatable bonds is 7. The van der Waals surface area contributed by atoms with Crippen LogP contribution in [-0.4, -0.2) is 39.8 Å². The minimum absolute atomic E-state index is 0.626. The maximum absolute atomic E-state index is 11.0. The van der Waals surface area contributed by atoms with Crippen LogP contribution in [0.5, 0.6) is 0 Å². The summed E-state index contributed by atoms with van der Waals surface area (Å²) in [5.74, 6) is 3.16. The fraction of sp³-hybridized carbons (Fsp3) is 0.667. The van der Waals surface area contributed by atoms with Crippen LogP contribution < -0.4 is 10.6 Å². The lowest BCUT2D eigenvalue weighted by Gasteiger charge is -2.13. The summed E-state index contributed by atoms with van der Waals surface area (Å²) in [6.45, 7) is 4.75. The number of hydrogen-bond acceptors (Lipinski definition) is 5. The van der Waals surface area contributed by atoms with Crippen molar-refractivity contribution in [3.05, 3.63) is 11.4 Å². The van der Waals surface area contributed by atoms with Gasteiger partial charge in [0.05, 0.1) is 0 Å². The van der Waals surface area contributed by atoms with Gasteiger partial charge in [0.2, 0.25) is 0 Å². The minimum atomic E-state index is -0.783. The van der Waals surface area contributed by atoms with Crippen LogP contribution in [0.2, 0.25) is 0 Å². The van der Waals surface area contributed by atoms with Crippen molar-refractivity contribution < 1.29 is 4.21 Å². The van der Waals surface area contributed by atoms with E-state index < -0.39 is 10.8 Å². The van der Waals surface area contributed by atoms with E-state index in [1.165, 1.54) is 0 Å². The van der Waals surface area contributed by atoms with Gasteiger partial charge in [-0.15, -0.1) is 0 Å². The Morgan fingerprint density at radius 2 is 1.94 bits per heavy atom. The topological polar surface area (TPSA) is 66.9 Å². The fourth-order valence-corrected chi connectivity index (χ4v) is 2.02. The molecule has 1 rings (SSSR count). The second-order valence-corrected chi connectivity index (χ2v) is 5.72. The van der Waals surface area contributed by atoms with Crippen LogP contribution in [0.25, 0.3) is 0 Å². The molecule has 0 saturated heterocycles. The summed E-state index contributed by atoms with van der Waals surface area (Å²) in [6.07, 6.45) is 3.59. The zero-order chi connectivity index (χ0) is 13.5. The maximum atomic E-state index is 11.0. The first-order valence-electron chi connectivity index (χ1n) is 6.17. The van der Waals surface area contributed by atoms with Crippen molar-refractivity contribution in [1.82, 2.24) is 9.97 Å². The van der Waals surface area contributed by atoms with Crippen molar-refractivity contribution >= 4 is 22.4 Å². The number of nitrogens with zero attached hydrogens (tertiary/aromatic N) is 2. The van der Waals surface area contributed by atoms with E-state index in [0.29, 0.717) is 12.3 Å². The third-order valence-corrected chi connectivity index (χ3v) is 3.36. The van der Waals surface area contributed by atoms with Gasteiger partial charge in [0.25, 0.3) is 0 Å². The smallest absolute Gasteiger partial charge is 0.134 e. The first-order valence-corrected chi connectivity index (χ1v) is 7.90. The highest BCUT2D eigenvalue weighted by Gasteiger charge is 2.09. The second kappa shape index (κ2) is 7.31. The van der Waals surface area contributed by atoms with Crippen molar-refractivity contribution in [2.24, 2.45) is 0 Å². The Bertz CT molecular complexity index is 423. The molecule has 1 aromatic rings. The first-order chi connectivity index (χ1) is 8.58. The monoisotopic (exact) mass is 270 g/mol. The minimum Gasteiger partial charge on any atom is -0.373 e. The molecule has 6 heteroatoms. The quantitative estimate of drug-likeness (QED) is 0.787. The lowest BCUT2D eigenvalue weighted by atomic mass is 10.2. The van der Waals surface area contributed by atoms with Crippen LogP contribution in [0.1, 0.15) is 24.7 Å². The van der Waals surface area contributed by atoms with Gasteiger partial charge in [0, 0.05) is 48.4 Å². The molecule has 0 spiro atoms. The van der Waals surface area contributed by atoms with Gasteiger partial charge < -0.3 is 10.6 Å². The Hall–Kier alpha value is -1.17. The van der Waals surface area contributed by atoms with Gasteiger partial charge in [-0.2, -0.15) is 0 Å². The van der Waals surface area contributed by atoms with Crippen molar-refractivity contribution in [3.63, 3.8) is 0 Å². The number of nitrogens with one attached hydrogen (secondary N) is 2. The maximum Gasteiger partial charge on any atom is 0.134 e. The van der Waals surface area contributed by atoms with E-state index in [4.69, 9.17) is 0 Å². The van der Waals surface area contributed by atoms with Crippen LogP contribution in [0, 0.1) is 6.92 Å². The molecule has 1 aromatic heterocycles. The zero-order valence-corrected chi connectivity index (χ0v) is 12.4. The van der Waals surface area contributed by atoms with Gasteiger partial charge in [0.1, 0.15) is 17.5 Å². The van der Waals surface area contributed by atoms with Gasteiger partial charge in [0.15, 0.2) is 0 Å². The predicted octanol–water partition coefficient (Wildman–Crippen LogP) is 1.57. The predicted molar refractivity (Wildman–Crippen MR) is 77.7 cm³/mol. The van der Waals surface area contributed by atoms with Crippen molar-refractivity contribution in [2.75, 3.05) is 36.2 Å². The third kappa shape index (κ3) is 4.25. The summed E-state index contributed by atoms with van der Waals surface area (Å²) < 4.78 is 11.0. The summed E-state index contributed by atoms with van der Waals surface area (Å²) in [7, 11) is 1.07. The highest BCUT2D eigenvalue weighted by atomic mass is 32.2. The fourth-order valence-electron chi connectivity index (χ4n) is 1.63. The lowest BCUT2D eigenvalue weighted by molar-refractivity contribution is 0.687. The van der Waals surface area contributed by atoms with Crippen LogP contribution in [0.4, 0.5) is 11.6 Å². The summed E-state index contributed by atoms with van der Waals surface area (Å²) >= 11 is 0. The first kappa shape index (κ1) is 14.9. The SMILES string of the molecule is CCCc1nc(NC)c(C)c(NCCS(C)=O)n1. The Labute approximate surface area is 111 Å². The molecular formula is C12H22N4OS. The number of aryl methyl sites for hydroxylation is 1. The third-order valence-electron chi connectivity index (χ3n) is 2.58. The van der Waals surface area contributed by atoms with E-state index in [1.54, 1.807) is 6.26 Å². The van der Waals surface area contributed by atoms with Crippen molar-refractivity contribution in [1.29, 1.82) is 0 Å². The molecule has 0 amide bonds. The van der Waals surface area contributed by atoms with E-state index in [-0.39, 0.29) is 0 Å². The Balaban J connectivity index is 2.86. The molecule has 102 valence electrons. The summed E-state index contributed by atoms with van der Waals surface area (Å²) in [4.78, 5) is 8.97. The van der Waals surface area contributed by atoms with Gasteiger partial charge in [-0.3, -0.25) is 4.21 Å². The largest absolute Gasteiger partial charge is 0.373 e. The van der Waals surface area contributed by atoms with E-state index in [2.05, 4.69) is 27.5 Å². The summed E-state index contributed by atoms with van der Waals surface area (Å²) in [5, 5.41) is 6.32. The van der Waals surface area contributed by atoms with E-state index in [1.807, 2.05) is 14.0 Å². The van der Waals surface area contributed by atoms with Crippen molar-refractivity contribution in [3.8, 4) is 0 Å². The number of anilines is 2. The van der Waals surface area contributed by atoms with Gasteiger partial charge in [-0.25, -0.2) is 9.97 Å². The average molecular weight is 270 g/mol. The molecule has 0 saturated carbocycles. The molecule has 0 fully saturated rings. The van der Waals surface area contributed by atoms with Crippen LogP contribution in [0.3, 0.4) is 0 Å². The van der Waals surface area contributed by atoms with Crippen molar-refractivity contribution in [2.45, 2.75) is 26.7 Å². The molecule has 0 radical (unpaired) electrons. The molecule has 1 heterocycles. The Kier molecular flexibility index (Phi) is 6.04. The van der Waals surface area contributed by atoms with Crippen LogP contribution in [0.15, 0.2) is 0 Å². The molecule has 5 nitrogen and oxygen atoms in total. The Morgan fingerprint density at radius 1 is 1.28 bits per heavy atom. The lowest BCUT2D eigenvalue weighted by Crippen LogP contribution is -2.14. The molecule has 0 aromatic carbocycles. The summed E-state index contributed by atoms with van der Waals surface area (Å²) in [5.41, 5.74) is 0.999. The molecule has 0 aliphatic rings. The number of aromatic nitrogens is 2. The average Bonchev–Trinajstić information content (AvgIpc) is 2.32. The van der Waals surface area contributed by atoms with E-state index in [0.717, 1.165) is 35.9 Å². The molecule has 1 unspecified atom stereocenters. The molecular weight excluding hydrogens is 248 g/mol. The molecule has 0 aliphatic carbocycles. The highest BCUT2D eigenvalue weighted by molar-refractivity contribution is 7.84. The number of hydrogen-bond donors (Lipinski definition) is 2. The highest BCUT2D eigenvalue weighted by Crippen LogP contribution is 2.19. The molecule has 1 atom stereocenters. The standard InChI is InChI=1S/C12H22N4OS/c1-5-6-10-15-11(13-3)9(2)12(16-10)14-7-8-18(4)17/h5-8H2,1-4H3,(H2,13,14,15,16). The van der Waals surface area contributed by atoms with Crippen LogP contribution >= 0.6 is 0 Å². The molecule has 2 N–H and O–H groups in total. The van der Waals surface area contributed by atoms with E-state index >= 15 is 0 Å². The van der Waals surface area contributed by atoms with E-state index in [9.17, 15) is 4.21 Å². The Morgan fingerprint density at radius 3 is 2.50 bits per heavy atom. The van der Waals surface area contributed by atoms with Gasteiger partial charge in [-0.05, 0) is 13.3 Å². The van der Waals surface area contributed by atoms with Gasteiger partial charge >= 0.3 is 0 Å². The van der Waals surface area contributed by atoms with Gasteiger partial charge in [-0.1, -0.05) is 6.92 Å². The zero-order valence-electron chi connectivity index (χ0n) is 11.5. The molecule has 18 heavy (non-hydrogen) atoms. The second-order valence-electron chi connectivity index (χ2n) is 4.17. The summed E-state index contributed by atoms with van der Waals surface area (Å²) in [6, 6.07) is 0.